The topological polar surface area (TPSA) is 35.9 Å². The number of ether oxygens (including phenoxy) is 1. The Bertz CT molecular complexity index is 450. The molecule has 0 unspecified atom stereocenters. The predicted octanol–water partition coefficient (Wildman–Crippen LogP) is 2.24. The SMILES string of the molecule is CN1CCC(N(C)C[C@H](O)COCc2ccccc2Cl)CC1. The standard InChI is InChI=1S/C17H27ClN2O2/c1-19-9-7-15(8-10-19)20(2)11-16(21)13-22-12-14-5-3-4-6-17(14)18/h3-6,15-16,21H,7-13H2,1-2H3/t16-/m0/s1. The van der Waals surface area contributed by atoms with Crippen LogP contribution in [-0.4, -0.2) is 67.4 Å². The molecule has 0 bridgehead atoms. The normalized spacial score (nSPS) is 18.8. The Labute approximate surface area is 138 Å². The summed E-state index contributed by atoms with van der Waals surface area (Å²) >= 11 is 6.08. The van der Waals surface area contributed by atoms with Crippen molar-refractivity contribution in [1.82, 2.24) is 9.80 Å². The van der Waals surface area contributed by atoms with E-state index < -0.39 is 6.10 Å². The van der Waals surface area contributed by atoms with Crippen LogP contribution in [0.2, 0.25) is 5.02 Å². The Kier molecular flexibility index (Phi) is 7.12. The third-order valence-electron chi connectivity index (χ3n) is 4.34. The van der Waals surface area contributed by atoms with Crippen molar-refractivity contribution in [3.05, 3.63) is 34.9 Å². The van der Waals surface area contributed by atoms with Gasteiger partial charge in [0.2, 0.25) is 0 Å². The number of benzene rings is 1. The first-order valence-corrected chi connectivity index (χ1v) is 8.32. The minimum Gasteiger partial charge on any atom is -0.389 e. The highest BCUT2D eigenvalue weighted by Crippen LogP contribution is 2.16. The van der Waals surface area contributed by atoms with Crippen LogP contribution in [0.1, 0.15) is 18.4 Å². The fourth-order valence-corrected chi connectivity index (χ4v) is 3.08. The summed E-state index contributed by atoms with van der Waals surface area (Å²) in [6, 6.07) is 8.20. The number of hydrogen-bond acceptors (Lipinski definition) is 4. The Morgan fingerprint density at radius 1 is 1.36 bits per heavy atom. The van der Waals surface area contributed by atoms with E-state index in [0.29, 0.717) is 30.8 Å². The van der Waals surface area contributed by atoms with E-state index in [1.54, 1.807) is 0 Å². The van der Waals surface area contributed by atoms with Crippen LogP contribution in [0.4, 0.5) is 0 Å². The first kappa shape index (κ1) is 17.7. The minimum atomic E-state index is -0.466. The molecule has 0 radical (unpaired) electrons. The average Bonchev–Trinajstić information content (AvgIpc) is 2.50. The monoisotopic (exact) mass is 326 g/mol. The van der Waals surface area contributed by atoms with E-state index in [-0.39, 0.29) is 0 Å². The molecule has 1 N–H and O–H groups in total. The quantitative estimate of drug-likeness (QED) is 0.833. The van der Waals surface area contributed by atoms with Crippen molar-refractivity contribution in [2.75, 3.05) is 40.3 Å². The largest absolute Gasteiger partial charge is 0.389 e. The molecule has 22 heavy (non-hydrogen) atoms. The van der Waals surface area contributed by atoms with Gasteiger partial charge in [0.25, 0.3) is 0 Å². The van der Waals surface area contributed by atoms with Gasteiger partial charge in [0, 0.05) is 17.6 Å². The van der Waals surface area contributed by atoms with E-state index in [9.17, 15) is 5.11 Å². The van der Waals surface area contributed by atoms with Crippen molar-refractivity contribution < 1.29 is 9.84 Å². The van der Waals surface area contributed by atoms with Gasteiger partial charge in [0.05, 0.1) is 19.3 Å². The molecule has 0 spiro atoms. The number of rotatable bonds is 7. The van der Waals surface area contributed by atoms with Gasteiger partial charge in [0.15, 0.2) is 0 Å². The van der Waals surface area contributed by atoms with E-state index in [1.807, 2.05) is 24.3 Å². The number of likely N-dealkylation sites (tertiary alicyclic amines) is 1. The highest BCUT2D eigenvalue weighted by molar-refractivity contribution is 6.31. The smallest absolute Gasteiger partial charge is 0.0900 e. The van der Waals surface area contributed by atoms with Crippen molar-refractivity contribution in [3.63, 3.8) is 0 Å². The molecule has 0 aliphatic carbocycles. The number of aliphatic hydroxyl groups is 1. The molecule has 2 rings (SSSR count). The van der Waals surface area contributed by atoms with E-state index in [4.69, 9.17) is 16.3 Å². The molecule has 0 saturated carbocycles. The molecular formula is C17H27ClN2O2. The summed E-state index contributed by atoms with van der Waals surface area (Å²) in [5, 5.41) is 10.8. The van der Waals surface area contributed by atoms with Gasteiger partial charge in [-0.25, -0.2) is 0 Å². The minimum absolute atomic E-state index is 0.336. The number of nitrogens with zero attached hydrogens (tertiary/aromatic N) is 2. The molecule has 1 saturated heterocycles. The molecule has 0 amide bonds. The van der Waals surface area contributed by atoms with Crippen molar-refractivity contribution in [3.8, 4) is 0 Å². The molecule has 5 heteroatoms. The lowest BCUT2D eigenvalue weighted by Crippen LogP contribution is -2.45. The van der Waals surface area contributed by atoms with Gasteiger partial charge < -0.3 is 19.6 Å². The van der Waals surface area contributed by atoms with Crippen molar-refractivity contribution in [1.29, 1.82) is 0 Å². The van der Waals surface area contributed by atoms with E-state index in [1.165, 1.54) is 12.8 Å². The Balaban J connectivity index is 1.67. The predicted molar refractivity (Wildman–Crippen MR) is 90.3 cm³/mol. The molecule has 1 aliphatic rings. The van der Waals surface area contributed by atoms with Crippen molar-refractivity contribution in [2.45, 2.75) is 31.6 Å². The Hall–Kier alpha value is -0.650. The van der Waals surface area contributed by atoms with Gasteiger partial charge in [-0.15, -0.1) is 0 Å². The van der Waals surface area contributed by atoms with E-state index in [0.717, 1.165) is 18.7 Å². The molecule has 4 nitrogen and oxygen atoms in total. The van der Waals surface area contributed by atoms with E-state index >= 15 is 0 Å². The first-order chi connectivity index (χ1) is 10.6. The summed E-state index contributed by atoms with van der Waals surface area (Å²) in [7, 11) is 4.25. The van der Waals surface area contributed by atoms with Crippen LogP contribution >= 0.6 is 11.6 Å². The Morgan fingerprint density at radius 3 is 2.73 bits per heavy atom. The summed E-state index contributed by atoms with van der Waals surface area (Å²) in [5.41, 5.74) is 0.958. The van der Waals surface area contributed by atoms with Gasteiger partial charge in [-0.3, -0.25) is 0 Å². The van der Waals surface area contributed by atoms with Crippen LogP contribution in [0.5, 0.6) is 0 Å². The second-order valence-corrected chi connectivity index (χ2v) is 6.64. The van der Waals surface area contributed by atoms with Crippen molar-refractivity contribution >= 4 is 11.6 Å². The average molecular weight is 327 g/mol. The highest BCUT2D eigenvalue weighted by atomic mass is 35.5. The summed E-state index contributed by atoms with van der Waals surface area (Å²) in [6.45, 7) is 3.69. The lowest BCUT2D eigenvalue weighted by atomic mass is 10.0. The molecule has 124 valence electrons. The lowest BCUT2D eigenvalue weighted by Gasteiger charge is -2.35. The van der Waals surface area contributed by atoms with Crippen LogP contribution in [0.3, 0.4) is 0 Å². The number of likely N-dealkylation sites (N-methyl/N-ethyl adjacent to an activating group) is 1. The summed E-state index contributed by atoms with van der Waals surface area (Å²) in [5.74, 6) is 0. The molecule has 1 aliphatic heterocycles. The molecule has 1 fully saturated rings. The maximum Gasteiger partial charge on any atom is 0.0900 e. The number of aliphatic hydroxyl groups excluding tert-OH is 1. The second-order valence-electron chi connectivity index (χ2n) is 6.23. The second kappa shape index (κ2) is 8.85. The zero-order chi connectivity index (χ0) is 15.9. The number of hydrogen-bond donors (Lipinski definition) is 1. The van der Waals surface area contributed by atoms with Gasteiger partial charge in [0.1, 0.15) is 0 Å². The molecule has 0 aromatic heterocycles. The molecule has 1 atom stereocenters. The molecular weight excluding hydrogens is 300 g/mol. The fraction of sp³-hybridized carbons (Fsp3) is 0.647. The summed E-state index contributed by atoms with van der Waals surface area (Å²) in [4.78, 5) is 4.62. The zero-order valence-electron chi connectivity index (χ0n) is 13.5. The van der Waals surface area contributed by atoms with Crippen molar-refractivity contribution in [2.24, 2.45) is 0 Å². The van der Waals surface area contributed by atoms with Gasteiger partial charge in [-0.2, -0.15) is 0 Å². The van der Waals surface area contributed by atoms with Crippen LogP contribution in [0, 0.1) is 0 Å². The lowest BCUT2D eigenvalue weighted by molar-refractivity contribution is 0.00283. The van der Waals surface area contributed by atoms with Crippen LogP contribution in [-0.2, 0) is 11.3 Å². The maximum atomic E-state index is 10.1. The Morgan fingerprint density at radius 2 is 2.05 bits per heavy atom. The summed E-state index contributed by atoms with van der Waals surface area (Å²) in [6.07, 6.45) is 1.87. The van der Waals surface area contributed by atoms with Crippen LogP contribution in [0.25, 0.3) is 0 Å². The van der Waals surface area contributed by atoms with E-state index in [2.05, 4.69) is 23.9 Å². The third-order valence-corrected chi connectivity index (χ3v) is 4.70. The van der Waals surface area contributed by atoms with Gasteiger partial charge in [-0.05, 0) is 51.7 Å². The van der Waals surface area contributed by atoms with Gasteiger partial charge >= 0.3 is 0 Å². The number of piperidine rings is 1. The number of halogens is 1. The highest BCUT2D eigenvalue weighted by Gasteiger charge is 2.22. The third kappa shape index (κ3) is 5.52. The molecule has 1 heterocycles. The zero-order valence-corrected chi connectivity index (χ0v) is 14.3. The fourth-order valence-electron chi connectivity index (χ4n) is 2.89. The van der Waals surface area contributed by atoms with Gasteiger partial charge in [-0.1, -0.05) is 29.8 Å². The summed E-state index contributed by atoms with van der Waals surface area (Å²) < 4.78 is 5.60. The molecule has 1 aromatic rings. The molecule has 1 aromatic carbocycles. The maximum absolute atomic E-state index is 10.1. The first-order valence-electron chi connectivity index (χ1n) is 7.94. The van der Waals surface area contributed by atoms with Crippen LogP contribution < -0.4 is 0 Å². The van der Waals surface area contributed by atoms with Crippen LogP contribution in [0.15, 0.2) is 24.3 Å².